The number of aliphatic carboxylic acids is 1. The molecule has 0 aliphatic rings. The number of hydrogen-bond acceptors (Lipinski definition) is 3. The zero-order valence-corrected chi connectivity index (χ0v) is 6.96. The van der Waals surface area contributed by atoms with Crippen molar-refractivity contribution in [2.45, 2.75) is 12.5 Å². The summed E-state index contributed by atoms with van der Waals surface area (Å²) in [6, 6.07) is -0.504. The van der Waals surface area contributed by atoms with Crippen LogP contribution in [0.2, 0.25) is 0 Å². The van der Waals surface area contributed by atoms with E-state index in [1.165, 1.54) is 0 Å². The normalized spacial score (nSPS) is 13.1. The maximum absolute atomic E-state index is 10.2. The van der Waals surface area contributed by atoms with E-state index in [0.29, 0.717) is 13.0 Å². The highest BCUT2D eigenvalue weighted by atomic mass is 127. The minimum Gasteiger partial charge on any atom is -0.480 e. The Hall–Kier alpha value is 0.120. The highest BCUT2D eigenvalue weighted by Gasteiger charge is 2.12. The van der Waals surface area contributed by atoms with Gasteiger partial charge in [-0.3, -0.25) is 4.79 Å². The van der Waals surface area contributed by atoms with Gasteiger partial charge in [-0.05, 0) is 13.0 Å². The fourth-order valence-corrected chi connectivity index (χ4v) is 0.969. The average Bonchev–Trinajstić information content (AvgIpc) is 1.82. The van der Waals surface area contributed by atoms with E-state index in [1.807, 2.05) is 0 Å². The summed E-state index contributed by atoms with van der Waals surface area (Å²) in [5.74, 6) is -0.852. The molecule has 0 unspecified atom stereocenters. The summed E-state index contributed by atoms with van der Waals surface area (Å²) in [5, 5.41) is 8.38. The van der Waals surface area contributed by atoms with E-state index < -0.39 is 12.0 Å². The molecule has 4 N–H and O–H groups in total. The fourth-order valence-electron chi connectivity index (χ4n) is 0.391. The lowest BCUT2D eigenvalue weighted by atomic mass is 10.2. The Labute approximate surface area is 67.3 Å². The smallest absolute Gasteiger partial charge is 0.321 e. The van der Waals surface area contributed by atoms with Gasteiger partial charge in [0.25, 0.3) is 0 Å². The Morgan fingerprint density at radius 3 is 2.56 bits per heavy atom. The van der Waals surface area contributed by atoms with Crippen LogP contribution >= 0.6 is 22.9 Å². The number of halogens is 1. The summed E-state index contributed by atoms with van der Waals surface area (Å²) in [4.78, 5) is 10.2. The molecule has 0 aliphatic carbocycles. The maximum Gasteiger partial charge on any atom is 0.321 e. The van der Waals surface area contributed by atoms with Crippen molar-refractivity contribution in [3.63, 3.8) is 0 Å². The van der Waals surface area contributed by atoms with Crippen LogP contribution in [0, 0.1) is 0 Å². The van der Waals surface area contributed by atoms with Crippen LogP contribution < -0.4 is 9.26 Å². The van der Waals surface area contributed by atoms with Crippen LogP contribution in [-0.4, -0.2) is 23.7 Å². The van der Waals surface area contributed by atoms with Crippen molar-refractivity contribution in [2.24, 2.45) is 5.73 Å². The number of nitrogens with one attached hydrogen (secondary N) is 1. The number of nitrogens with two attached hydrogens (primary N) is 1. The van der Waals surface area contributed by atoms with Crippen LogP contribution in [0.25, 0.3) is 0 Å². The molecule has 0 radical (unpaired) electrons. The summed E-state index contributed by atoms with van der Waals surface area (Å²) in [6.07, 6.45) is 0.471. The Morgan fingerprint density at radius 1 is 1.89 bits per heavy atom. The minimum absolute atomic E-state index is 0.396. The molecule has 0 aromatic heterocycles. The predicted molar refractivity (Wildman–Crippen MR) is 42.3 cm³/mol. The van der Waals surface area contributed by atoms with E-state index in [1.54, 1.807) is 22.9 Å². The maximum atomic E-state index is 10.2. The van der Waals surface area contributed by atoms with Gasteiger partial charge in [0.05, 0.1) is 0 Å². The Kier molecular flexibility index (Phi) is 5.02. The average molecular weight is 244 g/mol. The Morgan fingerprint density at radius 2 is 2.44 bits per heavy atom. The first kappa shape index (κ1) is 9.12. The first-order valence-corrected chi connectivity index (χ1v) is 3.59. The van der Waals surface area contributed by atoms with Crippen LogP contribution in [0.15, 0.2) is 0 Å². The molecular weight excluding hydrogens is 235 g/mol. The lowest BCUT2D eigenvalue weighted by Gasteiger charge is -2.05. The molecule has 0 bridgehead atoms. The Bertz CT molecular complexity index is 98.6. The van der Waals surface area contributed by atoms with Crippen molar-refractivity contribution >= 4 is 28.8 Å². The SMILES string of the molecule is NCC[C@H](NI)C(=O)O. The van der Waals surface area contributed by atoms with Gasteiger partial charge >= 0.3 is 5.97 Å². The van der Waals surface area contributed by atoms with Gasteiger partial charge < -0.3 is 10.8 Å². The highest BCUT2D eigenvalue weighted by Crippen LogP contribution is 1.91. The number of carbonyl (C=O) groups is 1. The summed E-state index contributed by atoms with van der Waals surface area (Å²) >= 11 is 1.80. The predicted octanol–water partition coefficient (Wildman–Crippen LogP) is -0.272. The van der Waals surface area contributed by atoms with Crippen molar-refractivity contribution in [1.82, 2.24) is 3.53 Å². The van der Waals surface area contributed by atoms with E-state index in [0.717, 1.165) is 0 Å². The molecule has 0 aromatic rings. The molecule has 5 heteroatoms. The summed E-state index contributed by atoms with van der Waals surface area (Å²) in [6.45, 7) is 0.396. The standard InChI is InChI=1S/C4H9IN2O2/c5-7-3(1-2-6)4(8)9/h3,7H,1-2,6H2,(H,8,9)/t3-/m0/s1. The van der Waals surface area contributed by atoms with Crippen molar-refractivity contribution in [1.29, 1.82) is 0 Å². The third-order valence-electron chi connectivity index (χ3n) is 0.885. The van der Waals surface area contributed by atoms with Gasteiger partial charge in [0.15, 0.2) is 0 Å². The van der Waals surface area contributed by atoms with E-state index in [9.17, 15) is 4.79 Å². The number of hydrogen-bond donors (Lipinski definition) is 3. The zero-order chi connectivity index (χ0) is 7.28. The lowest BCUT2D eigenvalue weighted by Crippen LogP contribution is -2.32. The fraction of sp³-hybridized carbons (Fsp3) is 0.750. The molecule has 0 amide bonds. The zero-order valence-electron chi connectivity index (χ0n) is 4.80. The molecule has 1 atom stereocenters. The number of carboxylic acid groups (broad SMARTS) is 1. The van der Waals surface area contributed by atoms with Crippen molar-refractivity contribution in [3.05, 3.63) is 0 Å². The van der Waals surface area contributed by atoms with Crippen LogP contribution in [0.1, 0.15) is 6.42 Å². The molecule has 0 heterocycles. The van der Waals surface area contributed by atoms with Gasteiger partial charge in [-0.1, -0.05) is 0 Å². The summed E-state index contributed by atoms with van der Waals surface area (Å²) in [5.41, 5.74) is 5.14. The van der Waals surface area contributed by atoms with E-state index >= 15 is 0 Å². The second-order valence-electron chi connectivity index (χ2n) is 1.58. The molecular formula is C4H9IN2O2. The first-order valence-electron chi connectivity index (χ1n) is 2.51. The van der Waals surface area contributed by atoms with Gasteiger partial charge in [-0.15, -0.1) is 0 Å². The second-order valence-corrected chi connectivity index (χ2v) is 2.20. The van der Waals surface area contributed by atoms with E-state index in [2.05, 4.69) is 3.53 Å². The highest BCUT2D eigenvalue weighted by molar-refractivity contribution is 14.1. The van der Waals surface area contributed by atoms with E-state index in [4.69, 9.17) is 10.8 Å². The quantitative estimate of drug-likeness (QED) is 0.470. The van der Waals surface area contributed by atoms with Gasteiger partial charge in [0.2, 0.25) is 0 Å². The molecule has 0 rings (SSSR count). The van der Waals surface area contributed by atoms with Crippen LogP contribution in [0.4, 0.5) is 0 Å². The van der Waals surface area contributed by atoms with Crippen LogP contribution in [-0.2, 0) is 4.79 Å². The lowest BCUT2D eigenvalue weighted by molar-refractivity contribution is -0.138. The van der Waals surface area contributed by atoms with Crippen LogP contribution in [0.3, 0.4) is 0 Å². The monoisotopic (exact) mass is 244 g/mol. The molecule has 0 saturated heterocycles. The molecule has 4 nitrogen and oxygen atoms in total. The largest absolute Gasteiger partial charge is 0.480 e. The number of rotatable bonds is 4. The van der Waals surface area contributed by atoms with Gasteiger partial charge in [0, 0.05) is 22.9 Å². The summed E-state index contributed by atoms with van der Waals surface area (Å²) in [7, 11) is 0. The van der Waals surface area contributed by atoms with E-state index in [-0.39, 0.29) is 0 Å². The van der Waals surface area contributed by atoms with Crippen LogP contribution in [0.5, 0.6) is 0 Å². The van der Waals surface area contributed by atoms with Gasteiger partial charge in [-0.2, -0.15) is 0 Å². The molecule has 0 fully saturated rings. The molecule has 9 heavy (non-hydrogen) atoms. The minimum atomic E-state index is -0.852. The Balaban J connectivity index is 3.54. The molecule has 0 aliphatic heterocycles. The molecule has 0 aromatic carbocycles. The molecule has 0 saturated carbocycles. The van der Waals surface area contributed by atoms with Crippen molar-refractivity contribution in [2.75, 3.05) is 6.54 Å². The molecule has 0 spiro atoms. The van der Waals surface area contributed by atoms with Crippen molar-refractivity contribution < 1.29 is 9.90 Å². The third-order valence-corrected chi connectivity index (χ3v) is 1.64. The topological polar surface area (TPSA) is 75.3 Å². The van der Waals surface area contributed by atoms with Gasteiger partial charge in [0.1, 0.15) is 6.04 Å². The van der Waals surface area contributed by atoms with Gasteiger partial charge in [-0.25, -0.2) is 3.53 Å². The second kappa shape index (κ2) is 4.95. The third kappa shape index (κ3) is 3.66. The van der Waals surface area contributed by atoms with Crippen molar-refractivity contribution in [3.8, 4) is 0 Å². The molecule has 54 valence electrons. The number of carboxylic acids is 1. The first-order chi connectivity index (χ1) is 4.22. The summed E-state index contributed by atoms with van der Waals surface area (Å²) < 4.78 is 2.59.